The first-order valence-electron chi connectivity index (χ1n) is 8.86. The lowest BCUT2D eigenvalue weighted by molar-refractivity contribution is -0.394. The van der Waals surface area contributed by atoms with Crippen LogP contribution < -0.4 is 10.1 Å². The Kier molecular flexibility index (Phi) is 6.02. The molecule has 0 aliphatic heterocycles. The third-order valence-corrected chi connectivity index (χ3v) is 4.38. The lowest BCUT2D eigenvalue weighted by Gasteiger charge is -2.10. The van der Waals surface area contributed by atoms with Gasteiger partial charge in [-0.05, 0) is 36.8 Å². The van der Waals surface area contributed by atoms with E-state index in [1.807, 2.05) is 30.3 Å². The smallest absolute Gasteiger partial charge is 0.279 e. The van der Waals surface area contributed by atoms with Gasteiger partial charge in [0.25, 0.3) is 17.3 Å². The summed E-state index contributed by atoms with van der Waals surface area (Å²) in [5, 5.41) is 24.8. The number of anilines is 1. The summed E-state index contributed by atoms with van der Waals surface area (Å²) >= 11 is 0. The largest absolute Gasteiger partial charge is 0.489 e. The molecule has 0 radical (unpaired) electrons. The molecule has 0 bridgehead atoms. The first kappa shape index (κ1) is 20.5. The molecular weight excluding hydrogens is 390 g/mol. The van der Waals surface area contributed by atoms with E-state index in [0.29, 0.717) is 18.0 Å². The van der Waals surface area contributed by atoms with Gasteiger partial charge in [-0.1, -0.05) is 30.3 Å². The van der Waals surface area contributed by atoms with E-state index in [4.69, 9.17) is 4.74 Å². The van der Waals surface area contributed by atoms with E-state index in [9.17, 15) is 25.0 Å². The van der Waals surface area contributed by atoms with E-state index in [1.165, 1.54) is 6.92 Å². The minimum absolute atomic E-state index is 0.0471. The molecule has 1 N–H and O–H groups in total. The second-order valence-corrected chi connectivity index (χ2v) is 6.40. The third-order valence-electron chi connectivity index (χ3n) is 4.38. The molecule has 0 saturated heterocycles. The number of rotatable bonds is 7. The molecule has 0 aliphatic rings. The highest BCUT2D eigenvalue weighted by atomic mass is 16.6. The average molecular weight is 407 g/mol. The van der Waals surface area contributed by atoms with Crippen LogP contribution in [0.25, 0.3) is 0 Å². The predicted octanol–water partition coefficient (Wildman–Crippen LogP) is 4.64. The fourth-order valence-corrected chi connectivity index (χ4v) is 2.79. The highest BCUT2D eigenvalue weighted by Crippen LogP contribution is 2.28. The van der Waals surface area contributed by atoms with Crippen LogP contribution in [0.2, 0.25) is 0 Å². The maximum atomic E-state index is 12.6. The molecule has 0 atom stereocenters. The van der Waals surface area contributed by atoms with Crippen molar-refractivity contribution in [2.24, 2.45) is 0 Å². The second-order valence-electron chi connectivity index (χ2n) is 6.40. The Balaban J connectivity index is 1.74. The van der Waals surface area contributed by atoms with Gasteiger partial charge < -0.3 is 10.1 Å². The van der Waals surface area contributed by atoms with Crippen molar-refractivity contribution < 1.29 is 19.4 Å². The molecule has 152 valence electrons. The molecule has 0 aliphatic carbocycles. The number of nitrogens with one attached hydrogen (secondary N) is 1. The molecule has 0 heterocycles. The van der Waals surface area contributed by atoms with Crippen molar-refractivity contribution in [3.05, 3.63) is 104 Å². The van der Waals surface area contributed by atoms with Crippen LogP contribution >= 0.6 is 0 Å². The number of amides is 1. The number of hydrogen-bond donors (Lipinski definition) is 1. The molecule has 3 aromatic carbocycles. The number of non-ortho nitro benzene ring substituents is 1. The summed E-state index contributed by atoms with van der Waals surface area (Å²) < 4.78 is 5.68. The number of carbonyl (C=O) groups is 1. The van der Waals surface area contributed by atoms with E-state index in [1.54, 1.807) is 24.3 Å². The number of benzene rings is 3. The molecule has 0 saturated carbocycles. The first-order valence-corrected chi connectivity index (χ1v) is 8.86. The molecule has 1 amide bonds. The topological polar surface area (TPSA) is 125 Å². The van der Waals surface area contributed by atoms with Crippen molar-refractivity contribution in [2.45, 2.75) is 13.5 Å². The van der Waals surface area contributed by atoms with Crippen molar-refractivity contribution in [1.29, 1.82) is 0 Å². The van der Waals surface area contributed by atoms with E-state index in [2.05, 4.69) is 5.32 Å². The number of nitrogens with zero attached hydrogens (tertiary/aromatic N) is 2. The lowest BCUT2D eigenvalue weighted by Crippen LogP contribution is -2.14. The highest BCUT2D eigenvalue weighted by molar-refractivity contribution is 6.06. The summed E-state index contributed by atoms with van der Waals surface area (Å²) in [5.74, 6) is -0.0868. The highest BCUT2D eigenvalue weighted by Gasteiger charge is 2.24. The van der Waals surface area contributed by atoms with Gasteiger partial charge in [-0.25, -0.2) is 0 Å². The van der Waals surface area contributed by atoms with Crippen LogP contribution in [0.15, 0.2) is 66.7 Å². The summed E-state index contributed by atoms with van der Waals surface area (Å²) in [5.41, 5.74) is 0.325. The van der Waals surface area contributed by atoms with Crippen molar-refractivity contribution in [3.8, 4) is 5.75 Å². The molecule has 30 heavy (non-hydrogen) atoms. The summed E-state index contributed by atoms with van der Waals surface area (Å²) in [6.45, 7) is 1.76. The molecule has 0 fully saturated rings. The summed E-state index contributed by atoms with van der Waals surface area (Å²) in [4.78, 5) is 33.3. The van der Waals surface area contributed by atoms with Gasteiger partial charge in [0.2, 0.25) is 0 Å². The Labute approximate surface area is 171 Å². The van der Waals surface area contributed by atoms with Crippen LogP contribution in [-0.4, -0.2) is 15.8 Å². The molecule has 3 aromatic rings. The van der Waals surface area contributed by atoms with Crippen LogP contribution in [0.3, 0.4) is 0 Å². The van der Waals surface area contributed by atoms with Crippen molar-refractivity contribution in [1.82, 2.24) is 0 Å². The van der Waals surface area contributed by atoms with Crippen molar-refractivity contribution >= 4 is 23.0 Å². The predicted molar refractivity (Wildman–Crippen MR) is 110 cm³/mol. The molecule has 3 rings (SSSR count). The van der Waals surface area contributed by atoms with E-state index in [0.717, 1.165) is 17.7 Å². The van der Waals surface area contributed by atoms with Crippen LogP contribution in [0.5, 0.6) is 5.75 Å². The number of ether oxygens (including phenoxy) is 1. The van der Waals surface area contributed by atoms with Crippen molar-refractivity contribution in [3.63, 3.8) is 0 Å². The number of nitro groups is 2. The summed E-state index contributed by atoms with van der Waals surface area (Å²) in [6.07, 6.45) is 0. The molecule has 0 aromatic heterocycles. The van der Waals surface area contributed by atoms with Crippen molar-refractivity contribution in [2.75, 3.05) is 5.32 Å². The fraction of sp³-hybridized carbons (Fsp3) is 0.0952. The van der Waals surface area contributed by atoms with Gasteiger partial charge in [-0.15, -0.1) is 0 Å². The minimum Gasteiger partial charge on any atom is -0.489 e. The van der Waals surface area contributed by atoms with Gasteiger partial charge in [0.05, 0.1) is 21.5 Å². The molecule has 9 heteroatoms. The number of hydrogen-bond acceptors (Lipinski definition) is 6. The Bertz CT molecular complexity index is 1100. The second kappa shape index (κ2) is 8.82. The van der Waals surface area contributed by atoms with Crippen LogP contribution in [0, 0.1) is 27.2 Å². The average Bonchev–Trinajstić information content (AvgIpc) is 2.73. The minimum atomic E-state index is -0.776. The van der Waals surface area contributed by atoms with Gasteiger partial charge in [0.1, 0.15) is 12.4 Å². The zero-order valence-electron chi connectivity index (χ0n) is 15.9. The SMILES string of the molecule is Cc1c(C(=O)Nc2ccc(OCc3ccccc3)cc2)cc([N+](=O)[O-])cc1[N+](=O)[O-]. The van der Waals surface area contributed by atoms with E-state index < -0.39 is 27.1 Å². The summed E-state index contributed by atoms with van der Waals surface area (Å²) in [6, 6.07) is 18.0. The zero-order valence-corrected chi connectivity index (χ0v) is 15.9. The number of nitro benzene ring substituents is 2. The molecule has 0 spiro atoms. The van der Waals surface area contributed by atoms with E-state index >= 15 is 0 Å². The van der Waals surface area contributed by atoms with Gasteiger partial charge >= 0.3 is 0 Å². The maximum Gasteiger partial charge on any atom is 0.279 e. The van der Waals surface area contributed by atoms with Crippen LogP contribution in [-0.2, 0) is 6.61 Å². The third kappa shape index (κ3) is 4.76. The quantitative estimate of drug-likeness (QED) is 0.449. The van der Waals surface area contributed by atoms with Crippen LogP contribution in [0.4, 0.5) is 17.1 Å². The Morgan fingerprint density at radius 3 is 2.23 bits per heavy atom. The van der Waals surface area contributed by atoms with Crippen LogP contribution in [0.1, 0.15) is 21.5 Å². The van der Waals surface area contributed by atoms with Gasteiger partial charge in [0, 0.05) is 17.3 Å². The number of carbonyl (C=O) groups excluding carboxylic acids is 1. The normalized spacial score (nSPS) is 10.3. The zero-order chi connectivity index (χ0) is 21.7. The molecular formula is C21H17N3O6. The Hall–Kier alpha value is -4.27. The maximum absolute atomic E-state index is 12.6. The Morgan fingerprint density at radius 2 is 1.63 bits per heavy atom. The van der Waals surface area contributed by atoms with Gasteiger partial charge in [-0.2, -0.15) is 0 Å². The standard InChI is InChI=1S/C21H17N3O6/c1-14-19(11-17(23(26)27)12-20(14)24(28)29)21(25)22-16-7-9-18(10-8-16)30-13-15-5-3-2-4-6-15/h2-12H,13H2,1H3,(H,22,25). The molecule has 0 unspecified atom stereocenters. The van der Waals surface area contributed by atoms with Gasteiger partial charge in [-0.3, -0.25) is 25.0 Å². The monoisotopic (exact) mass is 407 g/mol. The Morgan fingerprint density at radius 1 is 0.967 bits per heavy atom. The fourth-order valence-electron chi connectivity index (χ4n) is 2.79. The lowest BCUT2D eigenvalue weighted by atomic mass is 10.0. The first-order chi connectivity index (χ1) is 14.3. The van der Waals surface area contributed by atoms with Gasteiger partial charge in [0.15, 0.2) is 0 Å². The summed E-state index contributed by atoms with van der Waals surface area (Å²) in [7, 11) is 0. The van der Waals surface area contributed by atoms with E-state index in [-0.39, 0.29) is 11.1 Å². The molecule has 9 nitrogen and oxygen atoms in total.